The smallest absolute Gasteiger partial charge is 0.191 e. The highest BCUT2D eigenvalue weighted by atomic mass is 127. The van der Waals surface area contributed by atoms with Crippen molar-refractivity contribution in [3.05, 3.63) is 42.0 Å². The van der Waals surface area contributed by atoms with E-state index in [1.165, 1.54) is 5.56 Å². The van der Waals surface area contributed by atoms with Gasteiger partial charge in [0.25, 0.3) is 0 Å². The van der Waals surface area contributed by atoms with E-state index >= 15 is 0 Å². The molecule has 0 bridgehead atoms. The third-order valence-corrected chi connectivity index (χ3v) is 4.25. The third-order valence-electron chi connectivity index (χ3n) is 4.25. The van der Waals surface area contributed by atoms with Gasteiger partial charge < -0.3 is 15.4 Å². The van der Waals surface area contributed by atoms with Crippen LogP contribution in [0.25, 0.3) is 0 Å². The van der Waals surface area contributed by atoms with E-state index in [1.807, 2.05) is 6.07 Å². The van der Waals surface area contributed by atoms with Gasteiger partial charge in [0.1, 0.15) is 5.75 Å². The molecule has 1 aliphatic carbocycles. The Kier molecular flexibility index (Phi) is 7.20. The van der Waals surface area contributed by atoms with Crippen molar-refractivity contribution in [3.8, 4) is 5.75 Å². The van der Waals surface area contributed by atoms with Crippen LogP contribution in [-0.4, -0.2) is 31.7 Å². The van der Waals surface area contributed by atoms with Crippen LogP contribution in [0, 0.1) is 0 Å². The van der Waals surface area contributed by atoms with Crippen LogP contribution < -0.4 is 15.4 Å². The second-order valence-corrected chi connectivity index (χ2v) is 5.88. The van der Waals surface area contributed by atoms with Crippen molar-refractivity contribution < 1.29 is 4.74 Å². The molecule has 1 aromatic rings. The van der Waals surface area contributed by atoms with Crippen molar-refractivity contribution >= 4 is 29.9 Å². The number of fused-ring (bicyclic) bond motifs is 1. The zero-order valence-corrected chi connectivity index (χ0v) is 16.0. The van der Waals surface area contributed by atoms with Gasteiger partial charge in [-0.2, -0.15) is 0 Å². The highest BCUT2D eigenvalue weighted by molar-refractivity contribution is 14.0. The van der Waals surface area contributed by atoms with Crippen molar-refractivity contribution in [2.24, 2.45) is 4.99 Å². The van der Waals surface area contributed by atoms with Crippen LogP contribution in [0.2, 0.25) is 0 Å². The van der Waals surface area contributed by atoms with E-state index in [0.717, 1.165) is 50.7 Å². The van der Waals surface area contributed by atoms with Crippen LogP contribution >= 0.6 is 24.0 Å². The van der Waals surface area contributed by atoms with Crippen molar-refractivity contribution in [1.82, 2.24) is 10.6 Å². The fourth-order valence-electron chi connectivity index (χ4n) is 3.06. The predicted octanol–water partition coefficient (Wildman–Crippen LogP) is 3.44. The maximum Gasteiger partial charge on any atom is 0.191 e. The Balaban J connectivity index is 0.00000192. The molecule has 0 aromatic heterocycles. The molecule has 4 nitrogen and oxygen atoms in total. The molecule has 1 aliphatic heterocycles. The quantitative estimate of drug-likeness (QED) is 0.335. The summed E-state index contributed by atoms with van der Waals surface area (Å²) in [6.45, 7) is 4.58. The highest BCUT2D eigenvalue weighted by Crippen LogP contribution is 2.33. The molecule has 3 rings (SSSR count). The number of hydrogen-bond donors (Lipinski definition) is 2. The lowest BCUT2D eigenvalue weighted by molar-refractivity contribution is 0.269. The molecule has 0 amide bonds. The van der Waals surface area contributed by atoms with E-state index in [4.69, 9.17) is 9.73 Å². The molecule has 0 radical (unpaired) electrons. The largest absolute Gasteiger partial charge is 0.493 e. The van der Waals surface area contributed by atoms with E-state index in [9.17, 15) is 0 Å². The first-order valence-electron chi connectivity index (χ1n) is 8.28. The molecular formula is C18H26IN3O. The van der Waals surface area contributed by atoms with E-state index in [1.54, 1.807) is 0 Å². The zero-order valence-electron chi connectivity index (χ0n) is 13.6. The van der Waals surface area contributed by atoms with Crippen LogP contribution in [0.4, 0.5) is 0 Å². The fourth-order valence-corrected chi connectivity index (χ4v) is 3.06. The standard InChI is InChI=1S/C18H25N3O.HI/c1-2-19-18(21-15-7-3-4-8-15)20-13-14-11-12-22-17-10-6-5-9-16(14)17;/h3-6,9-10,14-15H,2,7-8,11-13H2,1H3,(H2,19,20,21);1H. The lowest BCUT2D eigenvalue weighted by Crippen LogP contribution is -2.42. The molecule has 0 saturated carbocycles. The summed E-state index contributed by atoms with van der Waals surface area (Å²) in [4.78, 5) is 4.81. The average Bonchev–Trinajstić information content (AvgIpc) is 3.06. The first kappa shape index (κ1) is 18.1. The van der Waals surface area contributed by atoms with Crippen LogP contribution in [0.3, 0.4) is 0 Å². The van der Waals surface area contributed by atoms with E-state index < -0.39 is 0 Å². The minimum atomic E-state index is 0. The lowest BCUT2D eigenvalue weighted by atomic mass is 9.93. The Bertz CT molecular complexity index is 551. The normalized spacial score (nSPS) is 20.4. The predicted molar refractivity (Wildman–Crippen MR) is 106 cm³/mol. The number of guanidine groups is 1. The minimum Gasteiger partial charge on any atom is -0.493 e. The fraction of sp³-hybridized carbons (Fsp3) is 0.500. The maximum absolute atomic E-state index is 5.73. The highest BCUT2D eigenvalue weighted by Gasteiger charge is 2.21. The van der Waals surface area contributed by atoms with Crippen molar-refractivity contribution in [3.63, 3.8) is 0 Å². The van der Waals surface area contributed by atoms with E-state index in [2.05, 4.69) is 47.9 Å². The summed E-state index contributed by atoms with van der Waals surface area (Å²) in [6.07, 6.45) is 7.67. The second-order valence-electron chi connectivity index (χ2n) is 5.88. The number of benzene rings is 1. The molecule has 126 valence electrons. The van der Waals surface area contributed by atoms with Gasteiger partial charge in [0.05, 0.1) is 6.61 Å². The van der Waals surface area contributed by atoms with Gasteiger partial charge in [0.2, 0.25) is 0 Å². The van der Waals surface area contributed by atoms with Crippen molar-refractivity contribution in [2.45, 2.75) is 38.1 Å². The Labute approximate surface area is 155 Å². The Morgan fingerprint density at radius 3 is 2.83 bits per heavy atom. The van der Waals surface area contributed by atoms with Gasteiger partial charge >= 0.3 is 0 Å². The first-order valence-corrected chi connectivity index (χ1v) is 8.28. The summed E-state index contributed by atoms with van der Waals surface area (Å²) in [6, 6.07) is 8.82. The van der Waals surface area contributed by atoms with Crippen molar-refractivity contribution in [2.75, 3.05) is 19.7 Å². The molecular weight excluding hydrogens is 401 g/mol. The second kappa shape index (κ2) is 9.15. The summed E-state index contributed by atoms with van der Waals surface area (Å²) in [7, 11) is 0. The number of hydrogen-bond acceptors (Lipinski definition) is 2. The summed E-state index contributed by atoms with van der Waals surface area (Å²) in [5, 5.41) is 6.88. The minimum absolute atomic E-state index is 0. The van der Waals surface area contributed by atoms with Crippen LogP contribution in [0.5, 0.6) is 5.75 Å². The Morgan fingerprint density at radius 1 is 1.26 bits per heavy atom. The molecule has 1 heterocycles. The van der Waals surface area contributed by atoms with Gasteiger partial charge in [0, 0.05) is 25.0 Å². The van der Waals surface area contributed by atoms with E-state index in [0.29, 0.717) is 12.0 Å². The van der Waals surface area contributed by atoms with Gasteiger partial charge in [-0.05, 0) is 37.8 Å². The molecule has 5 heteroatoms. The molecule has 0 fully saturated rings. The number of halogens is 1. The average molecular weight is 427 g/mol. The van der Waals surface area contributed by atoms with Gasteiger partial charge in [-0.3, -0.25) is 4.99 Å². The van der Waals surface area contributed by atoms with Gasteiger partial charge in [-0.1, -0.05) is 30.4 Å². The number of nitrogens with zero attached hydrogens (tertiary/aromatic N) is 1. The monoisotopic (exact) mass is 427 g/mol. The molecule has 0 spiro atoms. The maximum atomic E-state index is 5.73. The summed E-state index contributed by atoms with van der Waals surface area (Å²) < 4.78 is 5.73. The number of aliphatic imine (C=N–C) groups is 1. The van der Waals surface area contributed by atoms with Crippen molar-refractivity contribution in [1.29, 1.82) is 0 Å². The molecule has 2 N–H and O–H groups in total. The van der Waals surface area contributed by atoms with Gasteiger partial charge in [-0.25, -0.2) is 0 Å². The molecule has 0 saturated heterocycles. The lowest BCUT2D eigenvalue weighted by Gasteiger charge is -2.25. The SMILES string of the molecule is CCNC(=NCC1CCOc2ccccc21)NC1CC=CC1.I. The van der Waals surface area contributed by atoms with Gasteiger partial charge in [0.15, 0.2) is 5.96 Å². The van der Waals surface area contributed by atoms with Gasteiger partial charge in [-0.15, -0.1) is 24.0 Å². The number of rotatable bonds is 4. The first-order chi connectivity index (χ1) is 10.9. The number of para-hydroxylation sites is 1. The molecule has 23 heavy (non-hydrogen) atoms. The summed E-state index contributed by atoms with van der Waals surface area (Å²) in [5.41, 5.74) is 1.29. The molecule has 1 unspecified atom stereocenters. The number of ether oxygens (including phenoxy) is 1. The van der Waals surface area contributed by atoms with Crippen LogP contribution in [0.1, 0.15) is 37.7 Å². The van der Waals surface area contributed by atoms with Crippen LogP contribution in [0.15, 0.2) is 41.4 Å². The van der Waals surface area contributed by atoms with Crippen LogP contribution in [-0.2, 0) is 0 Å². The zero-order chi connectivity index (χ0) is 15.2. The molecule has 1 atom stereocenters. The third kappa shape index (κ3) is 4.86. The molecule has 1 aromatic carbocycles. The number of nitrogens with one attached hydrogen (secondary N) is 2. The Hall–Kier alpha value is -1.24. The summed E-state index contributed by atoms with van der Waals surface area (Å²) >= 11 is 0. The Morgan fingerprint density at radius 2 is 2.04 bits per heavy atom. The summed E-state index contributed by atoms with van der Waals surface area (Å²) in [5.74, 6) is 2.40. The molecule has 2 aliphatic rings. The van der Waals surface area contributed by atoms with E-state index in [-0.39, 0.29) is 24.0 Å². The topological polar surface area (TPSA) is 45.7 Å².